The molecule has 1 aliphatic heterocycles. The van der Waals surface area contributed by atoms with Gasteiger partial charge in [-0.2, -0.15) is 0 Å². The monoisotopic (exact) mass is 495 g/mol. The quantitative estimate of drug-likeness (QED) is 0.395. The van der Waals surface area contributed by atoms with Gasteiger partial charge in [0.1, 0.15) is 5.75 Å². The number of amides is 1. The predicted octanol–water partition coefficient (Wildman–Crippen LogP) is 4.04. The zero-order valence-electron chi connectivity index (χ0n) is 20.2. The summed E-state index contributed by atoms with van der Waals surface area (Å²) in [7, 11) is -3.70. The molecular formula is C27H33N3O4S. The zero-order chi connectivity index (χ0) is 24.8. The Morgan fingerprint density at radius 2 is 1.89 bits per heavy atom. The molecule has 0 radical (unpaired) electrons. The van der Waals surface area contributed by atoms with Crippen LogP contribution in [0.25, 0.3) is 10.8 Å². The van der Waals surface area contributed by atoms with Crippen LogP contribution in [0.2, 0.25) is 0 Å². The molecule has 3 aromatic carbocycles. The van der Waals surface area contributed by atoms with Crippen molar-refractivity contribution in [2.24, 2.45) is 0 Å². The number of sulfonamides is 1. The highest BCUT2D eigenvalue weighted by Crippen LogP contribution is 2.33. The molecule has 1 amide bonds. The summed E-state index contributed by atoms with van der Waals surface area (Å²) < 4.78 is 33.8. The predicted molar refractivity (Wildman–Crippen MR) is 138 cm³/mol. The molecule has 35 heavy (non-hydrogen) atoms. The van der Waals surface area contributed by atoms with Crippen LogP contribution >= 0.6 is 0 Å². The van der Waals surface area contributed by atoms with E-state index in [1.165, 1.54) is 0 Å². The topological polar surface area (TPSA) is 96.5 Å². The first kappa shape index (κ1) is 25.2. The number of carbonyl (C=O) groups excluding carboxylic acids is 1. The van der Waals surface area contributed by atoms with Crippen LogP contribution in [-0.4, -0.2) is 33.5 Å². The van der Waals surface area contributed by atoms with Crippen molar-refractivity contribution in [3.05, 3.63) is 71.8 Å². The van der Waals surface area contributed by atoms with E-state index in [2.05, 4.69) is 35.3 Å². The van der Waals surface area contributed by atoms with Gasteiger partial charge in [0.15, 0.2) is 0 Å². The first-order valence-corrected chi connectivity index (χ1v) is 13.6. The van der Waals surface area contributed by atoms with E-state index in [4.69, 9.17) is 4.74 Å². The Kier molecular flexibility index (Phi) is 8.05. The summed E-state index contributed by atoms with van der Waals surface area (Å²) in [5.74, 6) is 0.591. The number of ether oxygens (including phenoxy) is 1. The van der Waals surface area contributed by atoms with E-state index in [0.29, 0.717) is 19.1 Å². The zero-order valence-corrected chi connectivity index (χ0v) is 21.0. The van der Waals surface area contributed by atoms with Gasteiger partial charge in [-0.15, -0.1) is 0 Å². The maximum absolute atomic E-state index is 12.7. The van der Waals surface area contributed by atoms with E-state index >= 15 is 0 Å². The molecule has 0 saturated heterocycles. The molecule has 1 heterocycles. The van der Waals surface area contributed by atoms with E-state index in [1.807, 2.05) is 36.4 Å². The van der Waals surface area contributed by atoms with Gasteiger partial charge in [0.25, 0.3) is 0 Å². The Morgan fingerprint density at radius 1 is 1.09 bits per heavy atom. The van der Waals surface area contributed by atoms with Crippen molar-refractivity contribution < 1.29 is 17.9 Å². The van der Waals surface area contributed by atoms with E-state index in [9.17, 15) is 13.2 Å². The number of hydrogen-bond acceptors (Lipinski definition) is 5. The summed E-state index contributed by atoms with van der Waals surface area (Å²) in [5, 5.41) is 8.33. The Balaban J connectivity index is 1.32. The minimum Gasteiger partial charge on any atom is -0.493 e. The van der Waals surface area contributed by atoms with Gasteiger partial charge in [-0.25, -0.2) is 13.1 Å². The fraction of sp³-hybridized carbons (Fsp3) is 0.370. The van der Waals surface area contributed by atoms with Gasteiger partial charge in [-0.05, 0) is 47.9 Å². The summed E-state index contributed by atoms with van der Waals surface area (Å²) in [4.78, 5) is 12.8. The highest BCUT2D eigenvalue weighted by Gasteiger charge is 2.23. The molecule has 3 aromatic rings. The lowest BCUT2D eigenvalue weighted by Gasteiger charge is -2.27. The highest BCUT2D eigenvalue weighted by molar-refractivity contribution is 7.89. The molecule has 0 bridgehead atoms. The van der Waals surface area contributed by atoms with Gasteiger partial charge in [-0.1, -0.05) is 49.4 Å². The molecule has 0 aliphatic carbocycles. The largest absolute Gasteiger partial charge is 0.493 e. The molecule has 8 heteroatoms. The van der Waals surface area contributed by atoms with E-state index in [-0.39, 0.29) is 29.8 Å². The van der Waals surface area contributed by atoms with Gasteiger partial charge in [0, 0.05) is 37.5 Å². The number of nitrogens with one attached hydrogen (secondary N) is 3. The molecule has 2 atom stereocenters. The maximum atomic E-state index is 12.7. The van der Waals surface area contributed by atoms with E-state index < -0.39 is 10.0 Å². The van der Waals surface area contributed by atoms with Crippen LogP contribution < -0.4 is 20.1 Å². The van der Waals surface area contributed by atoms with Crippen LogP contribution in [-0.2, 0) is 21.4 Å². The third kappa shape index (κ3) is 6.39. The van der Waals surface area contributed by atoms with Crippen molar-refractivity contribution in [2.45, 2.75) is 56.6 Å². The fourth-order valence-corrected chi connectivity index (χ4v) is 5.18. The smallest absolute Gasteiger partial charge is 0.240 e. The van der Waals surface area contributed by atoms with Crippen molar-refractivity contribution >= 4 is 26.7 Å². The summed E-state index contributed by atoms with van der Waals surface area (Å²) >= 11 is 0. The van der Waals surface area contributed by atoms with Crippen molar-refractivity contribution in [3.63, 3.8) is 0 Å². The van der Waals surface area contributed by atoms with Crippen LogP contribution in [0.5, 0.6) is 5.75 Å². The Labute approximate surface area is 207 Å². The van der Waals surface area contributed by atoms with Gasteiger partial charge in [-0.3, -0.25) is 4.79 Å². The fourth-order valence-electron chi connectivity index (χ4n) is 4.11. The Morgan fingerprint density at radius 3 is 2.69 bits per heavy atom. The summed E-state index contributed by atoms with van der Waals surface area (Å²) in [6.07, 6.45) is 1.79. The molecule has 0 spiro atoms. The SMILES string of the molecule is CCC(C)NCc1ccc2c(c1)OCCC2NC(=O)CCNS(=O)(=O)c1ccc2ccccc2c1. The lowest BCUT2D eigenvalue weighted by molar-refractivity contribution is -0.121. The van der Waals surface area contributed by atoms with Gasteiger partial charge in [0.2, 0.25) is 15.9 Å². The van der Waals surface area contributed by atoms with Crippen molar-refractivity contribution in [2.75, 3.05) is 13.2 Å². The summed E-state index contributed by atoms with van der Waals surface area (Å²) in [6.45, 7) is 5.61. The Hall–Kier alpha value is -2.94. The van der Waals surface area contributed by atoms with Crippen LogP contribution in [0, 0.1) is 0 Å². The number of fused-ring (bicyclic) bond motifs is 2. The molecular weight excluding hydrogens is 462 g/mol. The first-order valence-electron chi connectivity index (χ1n) is 12.1. The lowest BCUT2D eigenvalue weighted by Crippen LogP contribution is -2.35. The van der Waals surface area contributed by atoms with Crippen LogP contribution in [0.3, 0.4) is 0 Å². The molecule has 0 fully saturated rings. The average Bonchev–Trinajstić information content (AvgIpc) is 2.86. The minimum absolute atomic E-state index is 0.0251. The maximum Gasteiger partial charge on any atom is 0.240 e. The minimum atomic E-state index is -3.70. The number of carbonyl (C=O) groups is 1. The summed E-state index contributed by atoms with van der Waals surface area (Å²) in [5.41, 5.74) is 2.09. The molecule has 0 saturated carbocycles. The third-order valence-corrected chi connectivity index (χ3v) is 7.85. The van der Waals surface area contributed by atoms with Crippen LogP contribution in [0.4, 0.5) is 0 Å². The normalized spacial score (nSPS) is 16.3. The molecule has 1 aliphatic rings. The Bertz CT molecular complexity index is 1290. The number of hydrogen-bond donors (Lipinski definition) is 3. The van der Waals surface area contributed by atoms with E-state index in [0.717, 1.165) is 40.6 Å². The van der Waals surface area contributed by atoms with Gasteiger partial charge in [0.05, 0.1) is 17.5 Å². The van der Waals surface area contributed by atoms with Crippen molar-refractivity contribution in [3.8, 4) is 5.75 Å². The average molecular weight is 496 g/mol. The second-order valence-electron chi connectivity index (χ2n) is 8.98. The van der Waals surface area contributed by atoms with E-state index in [1.54, 1.807) is 18.2 Å². The molecule has 7 nitrogen and oxygen atoms in total. The van der Waals surface area contributed by atoms with Gasteiger partial charge < -0.3 is 15.4 Å². The molecule has 2 unspecified atom stereocenters. The molecule has 3 N–H and O–H groups in total. The molecule has 4 rings (SSSR count). The van der Waals surface area contributed by atoms with Crippen molar-refractivity contribution in [1.29, 1.82) is 0 Å². The molecule has 0 aromatic heterocycles. The number of benzene rings is 3. The highest BCUT2D eigenvalue weighted by atomic mass is 32.2. The standard InChI is InChI=1S/C27H33N3O4S/c1-3-19(2)28-18-20-8-11-24-25(13-15-34-26(24)16-20)30-27(31)12-14-29-35(32,33)23-10-9-21-6-4-5-7-22(21)17-23/h4-11,16-17,19,25,28-29H,3,12-15,18H2,1-2H3,(H,30,31). The lowest BCUT2D eigenvalue weighted by atomic mass is 9.98. The summed E-state index contributed by atoms with van der Waals surface area (Å²) in [6, 6.07) is 19.0. The van der Waals surface area contributed by atoms with Crippen molar-refractivity contribution in [1.82, 2.24) is 15.4 Å². The second-order valence-corrected chi connectivity index (χ2v) is 10.7. The first-order chi connectivity index (χ1) is 16.9. The van der Waals surface area contributed by atoms with Gasteiger partial charge >= 0.3 is 0 Å². The molecule has 186 valence electrons. The number of rotatable bonds is 10. The third-order valence-electron chi connectivity index (χ3n) is 6.40. The van der Waals surface area contributed by atoms with Crippen LogP contribution in [0.1, 0.15) is 50.3 Å². The second kappa shape index (κ2) is 11.2. The van der Waals surface area contributed by atoms with Crippen LogP contribution in [0.15, 0.2) is 65.6 Å².